The Morgan fingerprint density at radius 2 is 2.25 bits per heavy atom. The van der Waals surface area contributed by atoms with Gasteiger partial charge in [0.25, 0.3) is 0 Å². The molecular formula is C10H20O2. The van der Waals surface area contributed by atoms with Crippen molar-refractivity contribution in [2.75, 3.05) is 6.61 Å². The predicted molar refractivity (Wildman–Crippen MR) is 48.9 cm³/mol. The van der Waals surface area contributed by atoms with Gasteiger partial charge in [-0.05, 0) is 19.3 Å². The maximum absolute atomic E-state index is 9.71. The van der Waals surface area contributed by atoms with E-state index in [0.29, 0.717) is 0 Å². The van der Waals surface area contributed by atoms with Crippen LogP contribution in [0.1, 0.15) is 45.4 Å². The molecule has 2 N–H and O–H groups in total. The summed E-state index contributed by atoms with van der Waals surface area (Å²) < 4.78 is 0. The molecule has 1 aliphatic carbocycles. The lowest BCUT2D eigenvalue weighted by Crippen LogP contribution is -2.33. The van der Waals surface area contributed by atoms with Crippen LogP contribution in [0.4, 0.5) is 0 Å². The van der Waals surface area contributed by atoms with Gasteiger partial charge in [0.1, 0.15) is 0 Å². The van der Waals surface area contributed by atoms with Crippen LogP contribution in [-0.2, 0) is 0 Å². The van der Waals surface area contributed by atoms with E-state index in [4.69, 9.17) is 0 Å². The molecule has 0 saturated heterocycles. The molecule has 1 aliphatic rings. The van der Waals surface area contributed by atoms with Crippen molar-refractivity contribution >= 4 is 0 Å². The minimum atomic E-state index is -0.256. The van der Waals surface area contributed by atoms with E-state index in [1.54, 1.807) is 0 Å². The molecule has 0 heterocycles. The van der Waals surface area contributed by atoms with Crippen LogP contribution in [0.15, 0.2) is 0 Å². The standard InChI is InChI=1S/C10H20O2/c1-2-3-6-10(8-11)7-4-5-9(10)12/h9,11-12H,2-8H2,1H3. The second kappa shape index (κ2) is 4.24. The van der Waals surface area contributed by atoms with Gasteiger partial charge in [-0.15, -0.1) is 0 Å². The molecule has 0 aliphatic heterocycles. The Morgan fingerprint density at radius 1 is 1.50 bits per heavy atom. The lowest BCUT2D eigenvalue weighted by atomic mass is 9.80. The third-order valence-electron chi connectivity index (χ3n) is 3.20. The maximum atomic E-state index is 9.71. The molecule has 1 saturated carbocycles. The summed E-state index contributed by atoms with van der Waals surface area (Å²) in [6, 6.07) is 0. The summed E-state index contributed by atoms with van der Waals surface area (Å²) in [5.74, 6) is 0. The van der Waals surface area contributed by atoms with Crippen LogP contribution in [0.25, 0.3) is 0 Å². The van der Waals surface area contributed by atoms with Gasteiger partial charge in [-0.1, -0.05) is 26.2 Å². The summed E-state index contributed by atoms with van der Waals surface area (Å²) in [6.45, 7) is 2.31. The third-order valence-corrected chi connectivity index (χ3v) is 3.20. The summed E-state index contributed by atoms with van der Waals surface area (Å²) in [6.07, 6.45) is 5.96. The summed E-state index contributed by atoms with van der Waals surface area (Å²) >= 11 is 0. The Bertz CT molecular complexity index is 136. The van der Waals surface area contributed by atoms with Gasteiger partial charge in [0.15, 0.2) is 0 Å². The highest BCUT2D eigenvalue weighted by atomic mass is 16.3. The van der Waals surface area contributed by atoms with Crippen LogP contribution >= 0.6 is 0 Å². The van der Waals surface area contributed by atoms with Gasteiger partial charge >= 0.3 is 0 Å². The predicted octanol–water partition coefficient (Wildman–Crippen LogP) is 1.70. The molecule has 2 unspecified atom stereocenters. The number of hydrogen-bond acceptors (Lipinski definition) is 2. The first-order valence-electron chi connectivity index (χ1n) is 5.04. The fourth-order valence-electron chi connectivity index (χ4n) is 2.20. The Morgan fingerprint density at radius 3 is 2.67 bits per heavy atom. The van der Waals surface area contributed by atoms with Crippen molar-refractivity contribution in [3.8, 4) is 0 Å². The molecule has 0 aromatic rings. The first-order chi connectivity index (χ1) is 5.75. The zero-order valence-corrected chi connectivity index (χ0v) is 7.92. The smallest absolute Gasteiger partial charge is 0.0618 e. The van der Waals surface area contributed by atoms with Crippen LogP contribution in [0.3, 0.4) is 0 Å². The van der Waals surface area contributed by atoms with Crippen LogP contribution in [0, 0.1) is 5.41 Å². The monoisotopic (exact) mass is 172 g/mol. The molecule has 2 nitrogen and oxygen atoms in total. The van der Waals surface area contributed by atoms with Crippen molar-refractivity contribution in [1.82, 2.24) is 0 Å². The first-order valence-corrected chi connectivity index (χ1v) is 5.04. The molecular weight excluding hydrogens is 152 g/mol. The molecule has 0 bridgehead atoms. The number of aliphatic hydroxyl groups excluding tert-OH is 2. The minimum Gasteiger partial charge on any atom is -0.396 e. The lowest BCUT2D eigenvalue weighted by molar-refractivity contribution is -0.00102. The highest BCUT2D eigenvalue weighted by Gasteiger charge is 2.40. The molecule has 0 aromatic carbocycles. The van der Waals surface area contributed by atoms with E-state index in [2.05, 4.69) is 6.92 Å². The number of unbranched alkanes of at least 4 members (excludes halogenated alkanes) is 1. The zero-order valence-electron chi connectivity index (χ0n) is 7.92. The second-order valence-electron chi connectivity index (χ2n) is 4.03. The second-order valence-corrected chi connectivity index (χ2v) is 4.03. The van der Waals surface area contributed by atoms with E-state index in [0.717, 1.165) is 38.5 Å². The Hall–Kier alpha value is -0.0800. The number of hydrogen-bond donors (Lipinski definition) is 2. The fourth-order valence-corrected chi connectivity index (χ4v) is 2.20. The van der Waals surface area contributed by atoms with Crippen molar-refractivity contribution in [1.29, 1.82) is 0 Å². The minimum absolute atomic E-state index is 0.143. The molecule has 0 aromatic heterocycles. The van der Waals surface area contributed by atoms with Gasteiger partial charge in [0, 0.05) is 5.41 Å². The Balaban J connectivity index is 2.49. The summed E-state index contributed by atoms with van der Waals surface area (Å²) in [7, 11) is 0. The fraction of sp³-hybridized carbons (Fsp3) is 1.00. The van der Waals surface area contributed by atoms with Gasteiger partial charge in [0.2, 0.25) is 0 Å². The first kappa shape index (κ1) is 10.0. The van der Waals surface area contributed by atoms with Crippen molar-refractivity contribution in [3.05, 3.63) is 0 Å². The SMILES string of the molecule is CCCCC1(CO)CCCC1O. The maximum Gasteiger partial charge on any atom is 0.0618 e. The molecule has 0 spiro atoms. The zero-order chi connectivity index (χ0) is 9.03. The summed E-state index contributed by atoms with van der Waals surface area (Å²) in [5.41, 5.74) is -0.143. The highest BCUT2D eigenvalue weighted by Crippen LogP contribution is 2.41. The van der Waals surface area contributed by atoms with Gasteiger partial charge < -0.3 is 10.2 Å². The molecule has 0 amide bonds. The molecule has 0 radical (unpaired) electrons. The topological polar surface area (TPSA) is 40.5 Å². The molecule has 2 heteroatoms. The van der Waals surface area contributed by atoms with Crippen molar-refractivity contribution in [3.63, 3.8) is 0 Å². The van der Waals surface area contributed by atoms with Gasteiger partial charge in [-0.3, -0.25) is 0 Å². The quantitative estimate of drug-likeness (QED) is 0.677. The van der Waals surface area contributed by atoms with E-state index in [1.165, 1.54) is 0 Å². The Kier molecular flexibility index (Phi) is 3.53. The van der Waals surface area contributed by atoms with Crippen molar-refractivity contribution in [2.24, 2.45) is 5.41 Å². The third kappa shape index (κ3) is 1.80. The Labute approximate surface area is 74.6 Å². The molecule has 1 fully saturated rings. The normalized spacial score (nSPS) is 35.8. The van der Waals surface area contributed by atoms with Crippen LogP contribution in [0.5, 0.6) is 0 Å². The number of rotatable bonds is 4. The highest BCUT2D eigenvalue weighted by molar-refractivity contribution is 4.91. The largest absolute Gasteiger partial charge is 0.396 e. The van der Waals surface area contributed by atoms with E-state index < -0.39 is 0 Å². The number of aliphatic hydroxyl groups is 2. The molecule has 12 heavy (non-hydrogen) atoms. The average molecular weight is 172 g/mol. The summed E-state index contributed by atoms with van der Waals surface area (Å²) in [4.78, 5) is 0. The van der Waals surface area contributed by atoms with Crippen LogP contribution < -0.4 is 0 Å². The van der Waals surface area contributed by atoms with Crippen molar-refractivity contribution in [2.45, 2.75) is 51.6 Å². The van der Waals surface area contributed by atoms with Gasteiger partial charge in [0.05, 0.1) is 12.7 Å². The van der Waals surface area contributed by atoms with Gasteiger partial charge in [-0.25, -0.2) is 0 Å². The van der Waals surface area contributed by atoms with Crippen molar-refractivity contribution < 1.29 is 10.2 Å². The summed E-state index contributed by atoms with van der Waals surface area (Å²) in [5, 5.41) is 19.0. The van der Waals surface area contributed by atoms with Crippen LogP contribution in [0.2, 0.25) is 0 Å². The molecule has 2 atom stereocenters. The van der Waals surface area contributed by atoms with E-state index >= 15 is 0 Å². The van der Waals surface area contributed by atoms with Crippen LogP contribution in [-0.4, -0.2) is 22.9 Å². The van der Waals surface area contributed by atoms with E-state index in [1.807, 2.05) is 0 Å². The molecule has 72 valence electrons. The van der Waals surface area contributed by atoms with E-state index in [9.17, 15) is 10.2 Å². The molecule has 1 rings (SSSR count). The average Bonchev–Trinajstić information content (AvgIpc) is 2.45. The lowest BCUT2D eigenvalue weighted by Gasteiger charge is -2.30. The van der Waals surface area contributed by atoms with E-state index in [-0.39, 0.29) is 18.1 Å². The van der Waals surface area contributed by atoms with Gasteiger partial charge in [-0.2, -0.15) is 0 Å².